The number of carbonyl (C=O) groups excluding carboxylic acids is 1. The summed E-state index contributed by atoms with van der Waals surface area (Å²) in [6.07, 6.45) is 0. The Balaban J connectivity index is 1.95. The molecule has 0 saturated heterocycles. The minimum absolute atomic E-state index is 0.0788. The summed E-state index contributed by atoms with van der Waals surface area (Å²) in [5.41, 5.74) is 4.31. The van der Waals surface area contributed by atoms with Crippen molar-refractivity contribution in [2.45, 2.75) is 26.9 Å². The van der Waals surface area contributed by atoms with E-state index in [0.717, 1.165) is 46.1 Å². The van der Waals surface area contributed by atoms with Gasteiger partial charge < -0.3 is 14.8 Å². The first-order chi connectivity index (χ1) is 11.5. The highest BCUT2D eigenvalue weighted by molar-refractivity contribution is 6.30. The second-order valence-electron chi connectivity index (χ2n) is 5.66. The molecule has 0 amide bonds. The van der Waals surface area contributed by atoms with Gasteiger partial charge in [0.25, 0.3) is 0 Å². The summed E-state index contributed by atoms with van der Waals surface area (Å²) >= 11 is 5.99. The van der Waals surface area contributed by atoms with E-state index >= 15 is 0 Å². The van der Waals surface area contributed by atoms with E-state index in [-0.39, 0.29) is 12.6 Å². The Bertz CT molecular complexity index is 693. The highest BCUT2D eigenvalue weighted by Crippen LogP contribution is 2.25. The number of benzene rings is 2. The summed E-state index contributed by atoms with van der Waals surface area (Å²) < 4.78 is 10.1. The number of hydrogen-bond donors (Lipinski definition) is 1. The molecule has 2 aromatic carbocycles. The van der Waals surface area contributed by atoms with Crippen LogP contribution >= 0.6 is 11.6 Å². The van der Waals surface area contributed by atoms with Crippen LogP contribution in [0.1, 0.15) is 22.3 Å². The smallest absolute Gasteiger partial charge is 0.343 e. The molecule has 0 aliphatic heterocycles. The zero-order valence-corrected chi connectivity index (χ0v) is 14.9. The third-order valence-corrected chi connectivity index (χ3v) is 3.86. The number of nitrogens with one attached hydrogen (secondary N) is 1. The maximum absolute atomic E-state index is 11.2. The second kappa shape index (κ2) is 8.71. The molecule has 0 aliphatic rings. The van der Waals surface area contributed by atoms with Crippen molar-refractivity contribution >= 4 is 17.6 Å². The second-order valence-corrected chi connectivity index (χ2v) is 6.09. The van der Waals surface area contributed by atoms with Gasteiger partial charge >= 0.3 is 5.97 Å². The van der Waals surface area contributed by atoms with Crippen LogP contribution in [0.2, 0.25) is 5.02 Å². The highest BCUT2D eigenvalue weighted by atomic mass is 35.5. The predicted octanol–water partition coefficient (Wildman–Crippen LogP) is 3.80. The first-order valence-corrected chi connectivity index (χ1v) is 8.12. The summed E-state index contributed by atoms with van der Waals surface area (Å²) in [4.78, 5) is 11.2. The van der Waals surface area contributed by atoms with E-state index in [1.54, 1.807) is 0 Å². The quantitative estimate of drug-likeness (QED) is 0.774. The van der Waals surface area contributed by atoms with Gasteiger partial charge in [0.2, 0.25) is 0 Å². The van der Waals surface area contributed by atoms with Gasteiger partial charge in [0.1, 0.15) is 5.75 Å². The molecular weight excluding hydrogens is 326 g/mol. The maximum atomic E-state index is 11.2. The minimum Gasteiger partial charge on any atom is -0.481 e. The standard InChI is InChI=1S/C19H22ClNO3/c1-13-7-16(8-14(2)19(13)24-12-18(22)23-3)11-21-10-15-5-4-6-17(20)9-15/h4-9,21H,10-12H2,1-3H3. The fourth-order valence-electron chi connectivity index (χ4n) is 2.56. The summed E-state index contributed by atoms with van der Waals surface area (Å²) in [5, 5.41) is 4.15. The monoisotopic (exact) mass is 347 g/mol. The van der Waals surface area contributed by atoms with Crippen LogP contribution in [0.3, 0.4) is 0 Å². The predicted molar refractivity (Wildman–Crippen MR) is 95.4 cm³/mol. The Morgan fingerprint density at radius 1 is 1.08 bits per heavy atom. The lowest BCUT2D eigenvalue weighted by Gasteiger charge is -2.14. The Morgan fingerprint density at radius 3 is 2.38 bits per heavy atom. The fourth-order valence-corrected chi connectivity index (χ4v) is 2.77. The van der Waals surface area contributed by atoms with Crippen LogP contribution < -0.4 is 10.1 Å². The summed E-state index contributed by atoms with van der Waals surface area (Å²) in [6.45, 7) is 5.36. The molecule has 0 atom stereocenters. The van der Waals surface area contributed by atoms with Gasteiger partial charge in [0, 0.05) is 18.1 Å². The van der Waals surface area contributed by atoms with Gasteiger partial charge in [-0.05, 0) is 48.2 Å². The third-order valence-electron chi connectivity index (χ3n) is 3.63. The molecule has 24 heavy (non-hydrogen) atoms. The highest BCUT2D eigenvalue weighted by Gasteiger charge is 2.09. The minimum atomic E-state index is -0.388. The fraction of sp³-hybridized carbons (Fsp3) is 0.316. The molecule has 0 aliphatic carbocycles. The molecule has 0 fully saturated rings. The number of carbonyl (C=O) groups is 1. The van der Waals surface area contributed by atoms with E-state index in [1.807, 2.05) is 38.1 Å². The number of halogens is 1. The molecule has 0 bridgehead atoms. The molecule has 0 radical (unpaired) electrons. The molecule has 0 aromatic heterocycles. The molecule has 1 N–H and O–H groups in total. The number of rotatable bonds is 7. The number of ether oxygens (including phenoxy) is 2. The number of esters is 1. The molecule has 4 nitrogen and oxygen atoms in total. The summed E-state index contributed by atoms with van der Waals surface area (Å²) in [6, 6.07) is 11.9. The van der Waals surface area contributed by atoms with E-state index in [0.29, 0.717) is 0 Å². The van der Waals surface area contributed by atoms with Crippen molar-refractivity contribution in [2.24, 2.45) is 0 Å². The van der Waals surface area contributed by atoms with Gasteiger partial charge in [-0.3, -0.25) is 0 Å². The van der Waals surface area contributed by atoms with Crippen LogP contribution in [0, 0.1) is 13.8 Å². The Hall–Kier alpha value is -2.04. The van der Waals surface area contributed by atoms with Crippen LogP contribution in [0.25, 0.3) is 0 Å². The normalized spacial score (nSPS) is 10.5. The van der Waals surface area contributed by atoms with Gasteiger partial charge in [-0.1, -0.05) is 35.9 Å². The largest absolute Gasteiger partial charge is 0.481 e. The van der Waals surface area contributed by atoms with E-state index < -0.39 is 0 Å². The van der Waals surface area contributed by atoms with Crippen LogP contribution in [-0.2, 0) is 22.6 Å². The Labute approximate surface area is 147 Å². The first-order valence-electron chi connectivity index (χ1n) is 7.74. The van der Waals surface area contributed by atoms with E-state index in [2.05, 4.69) is 22.2 Å². The molecular formula is C19H22ClNO3. The van der Waals surface area contributed by atoms with Crippen LogP contribution in [0.5, 0.6) is 5.75 Å². The molecule has 0 spiro atoms. The van der Waals surface area contributed by atoms with Crippen molar-refractivity contribution in [3.63, 3.8) is 0 Å². The topological polar surface area (TPSA) is 47.6 Å². The van der Waals surface area contributed by atoms with Gasteiger partial charge in [0.05, 0.1) is 7.11 Å². The summed E-state index contributed by atoms with van der Waals surface area (Å²) in [7, 11) is 1.35. The zero-order valence-electron chi connectivity index (χ0n) is 14.2. The molecule has 5 heteroatoms. The molecule has 0 saturated carbocycles. The van der Waals surface area contributed by atoms with Crippen molar-refractivity contribution in [1.29, 1.82) is 0 Å². The van der Waals surface area contributed by atoms with E-state index in [4.69, 9.17) is 16.3 Å². The average molecular weight is 348 g/mol. The number of hydrogen-bond acceptors (Lipinski definition) is 4. The molecule has 2 aromatic rings. The van der Waals surface area contributed by atoms with Crippen molar-refractivity contribution in [3.8, 4) is 5.75 Å². The SMILES string of the molecule is COC(=O)COc1c(C)cc(CNCc2cccc(Cl)c2)cc1C. The van der Waals surface area contributed by atoms with Crippen molar-refractivity contribution in [3.05, 3.63) is 63.7 Å². The Kier molecular flexibility index (Phi) is 6.64. The lowest BCUT2D eigenvalue weighted by molar-refractivity contribution is -0.142. The van der Waals surface area contributed by atoms with Gasteiger partial charge in [-0.15, -0.1) is 0 Å². The van der Waals surface area contributed by atoms with Crippen molar-refractivity contribution in [1.82, 2.24) is 5.32 Å². The van der Waals surface area contributed by atoms with Crippen molar-refractivity contribution in [2.75, 3.05) is 13.7 Å². The first kappa shape index (κ1) is 18.3. The lowest BCUT2D eigenvalue weighted by atomic mass is 10.1. The van der Waals surface area contributed by atoms with Crippen LogP contribution in [0.4, 0.5) is 0 Å². The average Bonchev–Trinajstić information content (AvgIpc) is 2.54. The number of aryl methyl sites for hydroxylation is 2. The maximum Gasteiger partial charge on any atom is 0.343 e. The van der Waals surface area contributed by atoms with E-state index in [9.17, 15) is 4.79 Å². The van der Waals surface area contributed by atoms with Gasteiger partial charge in [-0.25, -0.2) is 4.79 Å². The molecule has 0 heterocycles. The van der Waals surface area contributed by atoms with Gasteiger partial charge in [0.15, 0.2) is 6.61 Å². The van der Waals surface area contributed by atoms with Crippen LogP contribution in [0.15, 0.2) is 36.4 Å². The lowest BCUT2D eigenvalue weighted by Crippen LogP contribution is -2.15. The van der Waals surface area contributed by atoms with Gasteiger partial charge in [-0.2, -0.15) is 0 Å². The molecule has 128 valence electrons. The van der Waals surface area contributed by atoms with Crippen LogP contribution in [-0.4, -0.2) is 19.7 Å². The number of methoxy groups -OCH3 is 1. The third kappa shape index (κ3) is 5.25. The Morgan fingerprint density at radius 2 is 1.75 bits per heavy atom. The van der Waals surface area contributed by atoms with Crippen molar-refractivity contribution < 1.29 is 14.3 Å². The zero-order chi connectivity index (χ0) is 17.5. The summed E-state index contributed by atoms with van der Waals surface area (Å²) in [5.74, 6) is 0.347. The van der Waals surface area contributed by atoms with E-state index in [1.165, 1.54) is 7.11 Å². The molecule has 0 unspecified atom stereocenters. The molecule has 2 rings (SSSR count).